The lowest BCUT2D eigenvalue weighted by atomic mass is 9.49. The smallest absolute Gasteiger partial charge is 0.334 e. The van der Waals surface area contributed by atoms with E-state index in [2.05, 4.69) is 40.3 Å². The van der Waals surface area contributed by atoms with Crippen molar-refractivity contribution in [3.63, 3.8) is 0 Å². The van der Waals surface area contributed by atoms with E-state index in [0.29, 0.717) is 17.9 Å². The number of fused-ring (bicyclic) bond motifs is 1. The largest absolute Gasteiger partial charge is 0.462 e. The van der Waals surface area contributed by atoms with Crippen LogP contribution in [0.2, 0.25) is 0 Å². The third-order valence-corrected chi connectivity index (χ3v) is 7.39. The molecule has 6 atom stereocenters. The van der Waals surface area contributed by atoms with Gasteiger partial charge in [-0.05, 0) is 61.2 Å². The molecular formula is C21H32O2. The van der Waals surface area contributed by atoms with Gasteiger partial charge in [0.25, 0.3) is 0 Å². The highest BCUT2D eigenvalue weighted by Crippen LogP contribution is 2.59. The molecule has 0 aromatic heterocycles. The van der Waals surface area contributed by atoms with Gasteiger partial charge in [0.15, 0.2) is 0 Å². The molecule has 0 radical (unpaired) electrons. The van der Waals surface area contributed by atoms with E-state index in [-0.39, 0.29) is 11.9 Å². The summed E-state index contributed by atoms with van der Waals surface area (Å²) in [6, 6.07) is 0. The molecule has 2 saturated carbocycles. The van der Waals surface area contributed by atoms with Crippen molar-refractivity contribution in [3.05, 3.63) is 23.8 Å². The van der Waals surface area contributed by atoms with E-state index in [4.69, 9.17) is 4.74 Å². The Hall–Kier alpha value is -1.05. The van der Waals surface area contributed by atoms with Crippen molar-refractivity contribution in [2.75, 3.05) is 6.61 Å². The Bertz CT molecular complexity index is 532. The Morgan fingerprint density at radius 2 is 2.04 bits per heavy atom. The van der Waals surface area contributed by atoms with E-state index in [1.54, 1.807) is 0 Å². The van der Waals surface area contributed by atoms with E-state index in [0.717, 1.165) is 36.2 Å². The molecule has 0 bridgehead atoms. The van der Waals surface area contributed by atoms with Crippen LogP contribution in [0.15, 0.2) is 23.8 Å². The summed E-state index contributed by atoms with van der Waals surface area (Å²) in [7, 11) is 0. The van der Waals surface area contributed by atoms with Gasteiger partial charge in [0.1, 0.15) is 0 Å². The van der Waals surface area contributed by atoms with Gasteiger partial charge in [0.2, 0.25) is 0 Å². The minimum atomic E-state index is -0.105. The van der Waals surface area contributed by atoms with Crippen molar-refractivity contribution in [2.45, 2.75) is 59.8 Å². The first kappa shape index (κ1) is 16.8. The van der Waals surface area contributed by atoms with Crippen molar-refractivity contribution in [3.8, 4) is 0 Å². The molecule has 128 valence electrons. The van der Waals surface area contributed by atoms with E-state index >= 15 is 0 Å². The van der Waals surface area contributed by atoms with Crippen molar-refractivity contribution >= 4 is 5.97 Å². The number of ether oxygens (including phenoxy) is 1. The molecule has 3 aliphatic rings. The zero-order chi connectivity index (χ0) is 16.8. The number of esters is 1. The average Bonchev–Trinajstić information content (AvgIpc) is 2.82. The predicted molar refractivity (Wildman–Crippen MR) is 93.8 cm³/mol. The molecule has 0 aromatic carbocycles. The highest BCUT2D eigenvalue weighted by atomic mass is 16.5. The Morgan fingerprint density at radius 3 is 2.70 bits per heavy atom. The second-order valence-electron chi connectivity index (χ2n) is 8.63. The SMILES string of the molecule is C=C1CC[C@@H]2C(C)C(C)CC[C@@]2(C)[C@@H]1C/C=C1/C(=O)OC[C@H]1C. The van der Waals surface area contributed by atoms with E-state index in [1.165, 1.54) is 24.8 Å². The summed E-state index contributed by atoms with van der Waals surface area (Å²) in [5.74, 6) is 3.09. The van der Waals surface area contributed by atoms with Gasteiger partial charge in [-0.15, -0.1) is 0 Å². The van der Waals surface area contributed by atoms with Gasteiger partial charge >= 0.3 is 5.97 Å². The molecule has 2 aliphatic carbocycles. The molecule has 3 rings (SSSR count). The maximum Gasteiger partial charge on any atom is 0.334 e. The highest BCUT2D eigenvalue weighted by Gasteiger charge is 2.50. The Morgan fingerprint density at radius 1 is 1.30 bits per heavy atom. The van der Waals surface area contributed by atoms with Crippen molar-refractivity contribution in [1.82, 2.24) is 0 Å². The number of carbonyl (C=O) groups excluding carboxylic acids is 1. The van der Waals surface area contributed by atoms with Gasteiger partial charge in [0.05, 0.1) is 6.61 Å². The van der Waals surface area contributed by atoms with Crippen LogP contribution < -0.4 is 0 Å². The molecule has 23 heavy (non-hydrogen) atoms. The van der Waals surface area contributed by atoms with Crippen LogP contribution in [0.4, 0.5) is 0 Å². The molecule has 1 heterocycles. The summed E-state index contributed by atoms with van der Waals surface area (Å²) in [5, 5.41) is 0. The summed E-state index contributed by atoms with van der Waals surface area (Å²) in [6.45, 7) is 14.4. The Labute approximate surface area is 141 Å². The average molecular weight is 316 g/mol. The standard InChI is InChI=1S/C21H32O2/c1-13-10-11-21(5)18(14(2)6-8-19(21)16(13)4)9-7-17-15(3)12-23-20(17)22/h7,13,15-16,18-19H,2,6,8-12H2,1,3-5H3/b17-7+/t13?,15-,16?,18-,19-,21+/m1/s1. The van der Waals surface area contributed by atoms with Gasteiger partial charge in [0, 0.05) is 11.5 Å². The molecule has 3 fully saturated rings. The third-order valence-electron chi connectivity index (χ3n) is 7.39. The van der Waals surface area contributed by atoms with E-state index in [9.17, 15) is 4.79 Å². The van der Waals surface area contributed by atoms with Crippen LogP contribution in [0.1, 0.15) is 59.8 Å². The van der Waals surface area contributed by atoms with Crippen LogP contribution >= 0.6 is 0 Å². The fraction of sp³-hybridized carbons (Fsp3) is 0.762. The number of allylic oxidation sites excluding steroid dienone is 2. The zero-order valence-corrected chi connectivity index (χ0v) is 15.2. The summed E-state index contributed by atoms with van der Waals surface area (Å²) < 4.78 is 5.18. The second-order valence-corrected chi connectivity index (χ2v) is 8.63. The lowest BCUT2D eigenvalue weighted by molar-refractivity contribution is -0.135. The van der Waals surface area contributed by atoms with E-state index < -0.39 is 0 Å². The molecule has 1 aliphatic heterocycles. The third kappa shape index (κ3) is 2.79. The zero-order valence-electron chi connectivity index (χ0n) is 15.2. The van der Waals surface area contributed by atoms with E-state index in [1.807, 2.05) is 0 Å². The maximum atomic E-state index is 11.9. The maximum absolute atomic E-state index is 11.9. The minimum absolute atomic E-state index is 0.105. The summed E-state index contributed by atoms with van der Waals surface area (Å²) in [4.78, 5) is 11.9. The topological polar surface area (TPSA) is 26.3 Å². The van der Waals surface area contributed by atoms with Crippen LogP contribution in [0, 0.1) is 35.0 Å². The van der Waals surface area contributed by atoms with Crippen LogP contribution in [0.3, 0.4) is 0 Å². The number of cyclic esters (lactones) is 1. The molecule has 0 N–H and O–H groups in total. The number of hydrogen-bond donors (Lipinski definition) is 0. The predicted octanol–water partition coefficient (Wildman–Crippen LogP) is 5.15. The van der Waals surface area contributed by atoms with Crippen LogP contribution in [0.25, 0.3) is 0 Å². The van der Waals surface area contributed by atoms with Crippen molar-refractivity contribution < 1.29 is 9.53 Å². The fourth-order valence-corrected chi connectivity index (χ4v) is 5.53. The monoisotopic (exact) mass is 316 g/mol. The molecule has 2 nitrogen and oxygen atoms in total. The molecule has 0 amide bonds. The van der Waals surface area contributed by atoms with Crippen molar-refractivity contribution in [1.29, 1.82) is 0 Å². The number of hydrogen-bond acceptors (Lipinski definition) is 2. The molecule has 0 aromatic rings. The van der Waals surface area contributed by atoms with Crippen molar-refractivity contribution in [2.24, 2.45) is 35.0 Å². The van der Waals surface area contributed by atoms with Crippen LogP contribution in [-0.2, 0) is 9.53 Å². The number of rotatable bonds is 2. The van der Waals surface area contributed by atoms with Gasteiger partial charge in [-0.1, -0.05) is 45.9 Å². The minimum Gasteiger partial charge on any atom is -0.462 e. The lowest BCUT2D eigenvalue weighted by Gasteiger charge is -2.55. The summed E-state index contributed by atoms with van der Waals surface area (Å²) in [6.07, 6.45) is 8.22. The highest BCUT2D eigenvalue weighted by molar-refractivity contribution is 5.90. The van der Waals surface area contributed by atoms with Crippen LogP contribution in [-0.4, -0.2) is 12.6 Å². The Balaban J connectivity index is 1.83. The lowest BCUT2D eigenvalue weighted by Crippen LogP contribution is -2.47. The van der Waals surface area contributed by atoms with Gasteiger partial charge in [-0.3, -0.25) is 0 Å². The quantitative estimate of drug-likeness (QED) is 0.400. The van der Waals surface area contributed by atoms with Crippen LogP contribution in [0.5, 0.6) is 0 Å². The van der Waals surface area contributed by atoms with Gasteiger partial charge < -0.3 is 4.74 Å². The Kier molecular flexibility index (Phi) is 4.46. The molecule has 2 unspecified atom stereocenters. The fourth-order valence-electron chi connectivity index (χ4n) is 5.53. The van der Waals surface area contributed by atoms with Gasteiger partial charge in [-0.2, -0.15) is 0 Å². The molecule has 1 saturated heterocycles. The number of carbonyl (C=O) groups is 1. The first-order chi connectivity index (χ1) is 10.8. The molecule has 2 heteroatoms. The first-order valence-electron chi connectivity index (χ1n) is 9.39. The summed E-state index contributed by atoms with van der Waals surface area (Å²) in [5.41, 5.74) is 2.64. The van der Waals surface area contributed by atoms with Gasteiger partial charge in [-0.25, -0.2) is 4.79 Å². The first-order valence-corrected chi connectivity index (χ1v) is 9.39. The molecular weight excluding hydrogens is 284 g/mol. The normalized spacial score (nSPS) is 45.9. The second kappa shape index (κ2) is 6.11. The molecule has 0 spiro atoms. The summed E-state index contributed by atoms with van der Waals surface area (Å²) >= 11 is 0.